The van der Waals surface area contributed by atoms with Gasteiger partial charge in [-0.3, -0.25) is 0 Å². The summed E-state index contributed by atoms with van der Waals surface area (Å²) in [5, 5.41) is 0.550. The Kier molecular flexibility index (Phi) is 4.83. The standard InChI is InChI=1S/C15H17ClN2S/c1-4-13-10(3)14(16)18-15(17-13)11-6-8-12(9-7-11)19-5-2/h6-9H,4-5H2,1-3H3. The molecule has 2 rings (SSSR count). The lowest BCUT2D eigenvalue weighted by Crippen LogP contribution is -1.99. The van der Waals surface area contributed by atoms with E-state index in [9.17, 15) is 0 Å². The molecule has 0 aliphatic rings. The molecule has 2 nitrogen and oxygen atoms in total. The van der Waals surface area contributed by atoms with Crippen LogP contribution < -0.4 is 0 Å². The Hall–Kier alpha value is -1.06. The van der Waals surface area contributed by atoms with Gasteiger partial charge in [-0.15, -0.1) is 11.8 Å². The Morgan fingerprint density at radius 3 is 2.37 bits per heavy atom. The van der Waals surface area contributed by atoms with Gasteiger partial charge in [0.05, 0.1) is 0 Å². The summed E-state index contributed by atoms with van der Waals surface area (Å²) < 4.78 is 0. The molecule has 0 aliphatic carbocycles. The molecule has 1 aromatic heterocycles. The van der Waals surface area contributed by atoms with Gasteiger partial charge in [0, 0.05) is 21.7 Å². The van der Waals surface area contributed by atoms with E-state index in [-0.39, 0.29) is 0 Å². The van der Waals surface area contributed by atoms with Crippen LogP contribution in [0.4, 0.5) is 0 Å². The Morgan fingerprint density at radius 2 is 1.79 bits per heavy atom. The highest BCUT2D eigenvalue weighted by Crippen LogP contribution is 2.25. The molecule has 0 spiro atoms. The number of halogens is 1. The summed E-state index contributed by atoms with van der Waals surface area (Å²) in [4.78, 5) is 10.2. The second kappa shape index (κ2) is 6.40. The first-order valence-electron chi connectivity index (χ1n) is 6.42. The van der Waals surface area contributed by atoms with E-state index < -0.39 is 0 Å². The summed E-state index contributed by atoms with van der Waals surface area (Å²) in [5.41, 5.74) is 3.00. The van der Waals surface area contributed by atoms with Crippen LogP contribution in [0, 0.1) is 6.92 Å². The molecular weight excluding hydrogens is 276 g/mol. The molecule has 0 aliphatic heterocycles. The maximum absolute atomic E-state index is 6.17. The smallest absolute Gasteiger partial charge is 0.161 e. The summed E-state index contributed by atoms with van der Waals surface area (Å²) in [6, 6.07) is 8.31. The summed E-state index contributed by atoms with van der Waals surface area (Å²) in [7, 11) is 0. The lowest BCUT2D eigenvalue weighted by atomic mass is 10.1. The van der Waals surface area contributed by atoms with Gasteiger partial charge in [-0.05, 0) is 31.2 Å². The fourth-order valence-corrected chi connectivity index (χ4v) is 2.72. The molecule has 1 heterocycles. The fraction of sp³-hybridized carbons (Fsp3) is 0.333. The number of aryl methyl sites for hydroxylation is 1. The number of nitrogens with zero attached hydrogens (tertiary/aromatic N) is 2. The van der Waals surface area contributed by atoms with Crippen molar-refractivity contribution in [2.45, 2.75) is 32.1 Å². The summed E-state index contributed by atoms with van der Waals surface area (Å²) in [5.74, 6) is 1.78. The first-order chi connectivity index (χ1) is 9.15. The second-order valence-corrected chi connectivity index (χ2v) is 5.92. The van der Waals surface area contributed by atoms with Crippen molar-refractivity contribution >= 4 is 23.4 Å². The second-order valence-electron chi connectivity index (χ2n) is 4.22. The molecule has 0 saturated carbocycles. The maximum Gasteiger partial charge on any atom is 0.161 e. The lowest BCUT2D eigenvalue weighted by Gasteiger charge is -2.08. The molecule has 4 heteroatoms. The number of hydrogen-bond acceptors (Lipinski definition) is 3. The first-order valence-corrected chi connectivity index (χ1v) is 7.78. The van der Waals surface area contributed by atoms with Crippen molar-refractivity contribution in [1.82, 2.24) is 9.97 Å². The van der Waals surface area contributed by atoms with Crippen molar-refractivity contribution in [3.8, 4) is 11.4 Å². The summed E-state index contributed by atoms with van der Waals surface area (Å²) in [6.45, 7) is 6.19. The van der Waals surface area contributed by atoms with Crippen LogP contribution in [0.5, 0.6) is 0 Å². The van der Waals surface area contributed by atoms with E-state index in [0.29, 0.717) is 11.0 Å². The summed E-state index contributed by atoms with van der Waals surface area (Å²) in [6.07, 6.45) is 0.866. The third-order valence-electron chi connectivity index (χ3n) is 2.95. The molecule has 1 aromatic carbocycles. The average molecular weight is 293 g/mol. The average Bonchev–Trinajstić information content (AvgIpc) is 2.43. The van der Waals surface area contributed by atoms with Gasteiger partial charge >= 0.3 is 0 Å². The minimum absolute atomic E-state index is 0.550. The van der Waals surface area contributed by atoms with Crippen LogP contribution in [-0.2, 0) is 6.42 Å². The van der Waals surface area contributed by atoms with Gasteiger partial charge < -0.3 is 0 Å². The van der Waals surface area contributed by atoms with Crippen molar-refractivity contribution in [2.24, 2.45) is 0 Å². The fourth-order valence-electron chi connectivity index (χ4n) is 1.87. The molecule has 0 unspecified atom stereocenters. The molecule has 0 atom stereocenters. The van der Waals surface area contributed by atoms with Gasteiger partial charge in [-0.25, -0.2) is 9.97 Å². The highest BCUT2D eigenvalue weighted by Gasteiger charge is 2.09. The first kappa shape index (κ1) is 14.4. The SMILES string of the molecule is CCSc1ccc(-c2nc(Cl)c(C)c(CC)n2)cc1. The van der Waals surface area contributed by atoms with Crippen molar-refractivity contribution in [3.63, 3.8) is 0 Å². The van der Waals surface area contributed by atoms with Crippen molar-refractivity contribution < 1.29 is 0 Å². The Labute approximate surface area is 123 Å². The van der Waals surface area contributed by atoms with Crippen molar-refractivity contribution in [3.05, 3.63) is 40.7 Å². The predicted octanol–water partition coefficient (Wildman–Crippen LogP) is 4.78. The molecular formula is C15H17ClN2S. The van der Waals surface area contributed by atoms with Crippen LogP contribution >= 0.6 is 23.4 Å². The predicted molar refractivity (Wildman–Crippen MR) is 83.0 cm³/mol. The van der Waals surface area contributed by atoms with Gasteiger partial charge in [0.1, 0.15) is 5.15 Å². The third kappa shape index (κ3) is 3.28. The Bertz CT molecular complexity index is 567. The topological polar surface area (TPSA) is 25.8 Å². The largest absolute Gasteiger partial charge is 0.233 e. The maximum atomic E-state index is 6.17. The summed E-state index contributed by atoms with van der Waals surface area (Å²) >= 11 is 8.00. The number of benzene rings is 1. The van der Waals surface area contributed by atoms with E-state index in [2.05, 4.69) is 48.1 Å². The van der Waals surface area contributed by atoms with Gasteiger partial charge in [-0.2, -0.15) is 0 Å². The van der Waals surface area contributed by atoms with Crippen LogP contribution in [0.2, 0.25) is 5.15 Å². The molecule has 2 aromatic rings. The number of aromatic nitrogens is 2. The molecule has 0 saturated heterocycles. The molecule has 0 amide bonds. The highest BCUT2D eigenvalue weighted by atomic mass is 35.5. The zero-order valence-electron chi connectivity index (χ0n) is 11.4. The highest BCUT2D eigenvalue weighted by molar-refractivity contribution is 7.99. The monoisotopic (exact) mass is 292 g/mol. The van der Waals surface area contributed by atoms with Gasteiger partial charge in [0.15, 0.2) is 5.82 Å². The van der Waals surface area contributed by atoms with E-state index in [0.717, 1.165) is 29.0 Å². The van der Waals surface area contributed by atoms with E-state index in [1.54, 1.807) is 0 Å². The quantitative estimate of drug-likeness (QED) is 0.599. The van der Waals surface area contributed by atoms with Crippen LogP contribution in [0.25, 0.3) is 11.4 Å². The van der Waals surface area contributed by atoms with Gasteiger partial charge in [-0.1, -0.05) is 37.6 Å². The number of hydrogen-bond donors (Lipinski definition) is 0. The Morgan fingerprint density at radius 1 is 1.11 bits per heavy atom. The van der Waals surface area contributed by atoms with Crippen LogP contribution in [0.15, 0.2) is 29.2 Å². The Balaban J connectivity index is 2.38. The van der Waals surface area contributed by atoms with Crippen molar-refractivity contribution in [1.29, 1.82) is 0 Å². The zero-order valence-corrected chi connectivity index (χ0v) is 13.0. The molecule has 100 valence electrons. The molecule has 0 N–H and O–H groups in total. The minimum atomic E-state index is 0.550. The molecule has 19 heavy (non-hydrogen) atoms. The number of rotatable bonds is 4. The van der Waals surface area contributed by atoms with E-state index in [1.165, 1.54) is 4.90 Å². The van der Waals surface area contributed by atoms with E-state index >= 15 is 0 Å². The van der Waals surface area contributed by atoms with E-state index in [4.69, 9.17) is 11.6 Å². The molecule has 0 fully saturated rings. The van der Waals surface area contributed by atoms with Crippen LogP contribution in [-0.4, -0.2) is 15.7 Å². The molecule has 0 radical (unpaired) electrons. The normalized spacial score (nSPS) is 10.7. The zero-order chi connectivity index (χ0) is 13.8. The third-order valence-corrected chi connectivity index (χ3v) is 4.21. The van der Waals surface area contributed by atoms with Crippen LogP contribution in [0.1, 0.15) is 25.1 Å². The van der Waals surface area contributed by atoms with E-state index in [1.807, 2.05) is 18.7 Å². The molecule has 0 bridgehead atoms. The number of thioether (sulfide) groups is 1. The van der Waals surface area contributed by atoms with Crippen molar-refractivity contribution in [2.75, 3.05) is 5.75 Å². The van der Waals surface area contributed by atoms with Gasteiger partial charge in [0.25, 0.3) is 0 Å². The van der Waals surface area contributed by atoms with Crippen LogP contribution in [0.3, 0.4) is 0 Å². The minimum Gasteiger partial charge on any atom is -0.233 e. The lowest BCUT2D eigenvalue weighted by molar-refractivity contribution is 0.976. The van der Waals surface area contributed by atoms with Gasteiger partial charge in [0.2, 0.25) is 0 Å².